The van der Waals surface area contributed by atoms with Crippen molar-refractivity contribution in [3.63, 3.8) is 0 Å². The molecule has 0 unspecified atom stereocenters. The second-order valence-electron chi connectivity index (χ2n) is 6.86. The first-order valence-electron chi connectivity index (χ1n) is 9.24. The Labute approximate surface area is 187 Å². The minimum Gasteiger partial charge on any atom is -0.467 e. The maximum Gasteiger partial charge on any atom is 0.328 e. The monoisotopic (exact) mass is 480 g/mol. The summed E-state index contributed by atoms with van der Waals surface area (Å²) in [6.07, 6.45) is 1.12. The Morgan fingerprint density at radius 3 is 2.84 bits per heavy atom. The van der Waals surface area contributed by atoms with E-state index in [4.69, 9.17) is 16.3 Å². The molecule has 4 rings (SSSR count). The first-order valence-corrected chi connectivity index (χ1v) is 11.8. The number of esters is 1. The number of ether oxygens (including phenoxy) is 1. The van der Waals surface area contributed by atoms with Gasteiger partial charge in [-0.1, -0.05) is 17.7 Å². The van der Waals surface area contributed by atoms with Crippen LogP contribution in [-0.2, 0) is 19.6 Å². The largest absolute Gasteiger partial charge is 0.467 e. The minimum atomic E-state index is -4.11. The van der Waals surface area contributed by atoms with Gasteiger partial charge < -0.3 is 9.64 Å². The minimum absolute atomic E-state index is 0.00760. The van der Waals surface area contributed by atoms with Crippen LogP contribution in [0.25, 0.3) is 11.0 Å². The molecule has 162 valence electrons. The van der Waals surface area contributed by atoms with Gasteiger partial charge in [0.05, 0.1) is 30.1 Å². The van der Waals surface area contributed by atoms with E-state index in [-0.39, 0.29) is 26.7 Å². The van der Waals surface area contributed by atoms with Crippen LogP contribution in [0.2, 0.25) is 5.02 Å². The summed E-state index contributed by atoms with van der Waals surface area (Å²) in [5, 5.41) is 0.244. The van der Waals surface area contributed by atoms with E-state index in [0.717, 1.165) is 11.7 Å². The first kappa shape index (κ1) is 21.5. The zero-order valence-electron chi connectivity index (χ0n) is 16.2. The number of sulfonamides is 1. The summed E-state index contributed by atoms with van der Waals surface area (Å²) in [7, 11) is -2.84. The molecule has 0 spiro atoms. The van der Waals surface area contributed by atoms with Gasteiger partial charge in [0.1, 0.15) is 22.0 Å². The van der Waals surface area contributed by atoms with E-state index in [1.807, 2.05) is 0 Å². The lowest BCUT2D eigenvalue weighted by atomic mass is 10.1. The van der Waals surface area contributed by atoms with Crippen LogP contribution in [0.5, 0.6) is 0 Å². The number of hydrogen-bond donors (Lipinski definition) is 1. The highest BCUT2D eigenvalue weighted by Crippen LogP contribution is 2.30. The SMILES string of the molecule is COC(=O)[C@@H]1CCCN1C(=O)c1ccc(Cl)cc1NS(=O)(=O)c1cccc2nsnc12. The van der Waals surface area contributed by atoms with E-state index in [0.29, 0.717) is 24.9 Å². The molecule has 9 nitrogen and oxygen atoms in total. The van der Waals surface area contributed by atoms with Crippen molar-refractivity contribution in [2.75, 3.05) is 18.4 Å². The third-order valence-corrected chi connectivity index (χ3v) is 7.16. The van der Waals surface area contributed by atoms with Crippen molar-refractivity contribution in [1.82, 2.24) is 13.6 Å². The van der Waals surface area contributed by atoms with Crippen molar-refractivity contribution >= 4 is 61.9 Å². The predicted molar refractivity (Wildman–Crippen MR) is 116 cm³/mol. The fourth-order valence-electron chi connectivity index (χ4n) is 3.53. The van der Waals surface area contributed by atoms with Crippen molar-refractivity contribution in [3.8, 4) is 0 Å². The zero-order valence-corrected chi connectivity index (χ0v) is 18.6. The number of fused-ring (bicyclic) bond motifs is 1. The number of amides is 1. The number of hydrogen-bond acceptors (Lipinski definition) is 8. The quantitative estimate of drug-likeness (QED) is 0.557. The van der Waals surface area contributed by atoms with Gasteiger partial charge in [0.25, 0.3) is 15.9 Å². The summed E-state index contributed by atoms with van der Waals surface area (Å²) < 4.78 is 41.6. The molecule has 3 aromatic rings. The molecule has 1 aliphatic rings. The van der Waals surface area contributed by atoms with Gasteiger partial charge >= 0.3 is 5.97 Å². The van der Waals surface area contributed by atoms with Gasteiger partial charge in [-0.15, -0.1) is 0 Å². The molecule has 2 aromatic carbocycles. The molecule has 1 fully saturated rings. The van der Waals surface area contributed by atoms with Gasteiger partial charge in [-0.25, -0.2) is 13.2 Å². The predicted octanol–water partition coefficient (Wildman–Crippen LogP) is 2.92. The molecule has 1 saturated heterocycles. The number of rotatable bonds is 5. The Hall–Kier alpha value is -2.76. The molecule has 1 amide bonds. The molecule has 31 heavy (non-hydrogen) atoms. The number of benzene rings is 2. The van der Waals surface area contributed by atoms with E-state index >= 15 is 0 Å². The van der Waals surface area contributed by atoms with Crippen LogP contribution < -0.4 is 4.72 Å². The van der Waals surface area contributed by atoms with Crippen LogP contribution in [-0.4, -0.2) is 53.6 Å². The number of anilines is 1. The summed E-state index contributed by atoms with van der Waals surface area (Å²) in [5.41, 5.74) is 0.772. The molecule has 1 aliphatic heterocycles. The van der Waals surface area contributed by atoms with E-state index in [9.17, 15) is 18.0 Å². The van der Waals surface area contributed by atoms with Gasteiger partial charge in [0, 0.05) is 11.6 Å². The number of nitrogens with one attached hydrogen (secondary N) is 1. The van der Waals surface area contributed by atoms with Crippen LogP contribution in [0.4, 0.5) is 5.69 Å². The van der Waals surface area contributed by atoms with Crippen LogP contribution in [0, 0.1) is 0 Å². The van der Waals surface area contributed by atoms with Crippen molar-refractivity contribution in [3.05, 3.63) is 47.0 Å². The van der Waals surface area contributed by atoms with Gasteiger partial charge in [-0.05, 0) is 43.2 Å². The molecular formula is C19H17ClN4O5S2. The number of aromatic nitrogens is 2. The van der Waals surface area contributed by atoms with Crippen LogP contribution >= 0.6 is 23.3 Å². The van der Waals surface area contributed by atoms with E-state index in [1.54, 1.807) is 12.1 Å². The fourth-order valence-corrected chi connectivity index (χ4v) is 5.54. The second kappa shape index (κ2) is 8.40. The van der Waals surface area contributed by atoms with Crippen molar-refractivity contribution in [2.45, 2.75) is 23.8 Å². The van der Waals surface area contributed by atoms with Crippen LogP contribution in [0.3, 0.4) is 0 Å². The molecular weight excluding hydrogens is 464 g/mol. The molecule has 0 saturated carbocycles. The summed E-state index contributed by atoms with van der Waals surface area (Å²) in [6.45, 7) is 0.358. The van der Waals surface area contributed by atoms with Gasteiger partial charge in [-0.3, -0.25) is 9.52 Å². The van der Waals surface area contributed by atoms with Gasteiger partial charge in [-0.2, -0.15) is 8.75 Å². The molecule has 1 atom stereocenters. The molecule has 0 bridgehead atoms. The Morgan fingerprint density at radius 2 is 2.06 bits per heavy atom. The third-order valence-electron chi connectivity index (χ3n) is 4.98. The Kier molecular flexibility index (Phi) is 5.82. The first-order chi connectivity index (χ1) is 14.8. The zero-order chi connectivity index (χ0) is 22.2. The second-order valence-corrected chi connectivity index (χ2v) is 9.48. The maximum atomic E-state index is 13.2. The van der Waals surface area contributed by atoms with Gasteiger partial charge in [0.15, 0.2) is 0 Å². The molecule has 2 heterocycles. The number of carbonyl (C=O) groups excluding carboxylic acids is 2. The molecule has 1 aromatic heterocycles. The fraction of sp³-hybridized carbons (Fsp3) is 0.263. The topological polar surface area (TPSA) is 119 Å². The standard InChI is InChI=1S/C19H17ClN4O5S2/c1-29-19(26)15-5-3-9-24(15)18(25)12-8-7-11(20)10-14(12)23-31(27,28)16-6-2-4-13-17(16)22-30-21-13/h2,4,6-8,10,15,23H,3,5,9H2,1H3/t15-/m0/s1. The maximum absolute atomic E-state index is 13.2. The average molecular weight is 481 g/mol. The average Bonchev–Trinajstić information content (AvgIpc) is 3.41. The summed E-state index contributed by atoms with van der Waals surface area (Å²) in [6, 6.07) is 8.19. The lowest BCUT2D eigenvalue weighted by Gasteiger charge is -2.24. The summed E-state index contributed by atoms with van der Waals surface area (Å²) in [5.74, 6) is -1.000. The number of halogens is 1. The van der Waals surface area contributed by atoms with E-state index < -0.39 is 27.9 Å². The summed E-state index contributed by atoms with van der Waals surface area (Å²) in [4.78, 5) is 26.6. The number of nitrogens with zero attached hydrogens (tertiary/aromatic N) is 3. The lowest BCUT2D eigenvalue weighted by molar-refractivity contribution is -0.145. The molecule has 1 N–H and O–H groups in total. The highest BCUT2D eigenvalue weighted by Gasteiger charge is 2.36. The third kappa shape index (κ3) is 4.08. The number of carbonyl (C=O) groups is 2. The Morgan fingerprint density at radius 1 is 1.26 bits per heavy atom. The van der Waals surface area contributed by atoms with Crippen molar-refractivity contribution < 1.29 is 22.7 Å². The van der Waals surface area contributed by atoms with Crippen molar-refractivity contribution in [1.29, 1.82) is 0 Å². The number of methoxy groups -OCH3 is 1. The highest BCUT2D eigenvalue weighted by molar-refractivity contribution is 7.93. The molecule has 12 heteroatoms. The van der Waals surface area contributed by atoms with Crippen molar-refractivity contribution in [2.24, 2.45) is 0 Å². The summed E-state index contributed by atoms with van der Waals surface area (Å²) >= 11 is 6.98. The van der Waals surface area contributed by atoms with Crippen LogP contribution in [0.15, 0.2) is 41.3 Å². The Bertz CT molecular complexity index is 1280. The highest BCUT2D eigenvalue weighted by atomic mass is 35.5. The smallest absolute Gasteiger partial charge is 0.328 e. The number of likely N-dealkylation sites (tertiary alicyclic amines) is 1. The lowest BCUT2D eigenvalue weighted by Crippen LogP contribution is -2.41. The van der Waals surface area contributed by atoms with Gasteiger partial charge in [0.2, 0.25) is 0 Å². The Balaban J connectivity index is 1.71. The van der Waals surface area contributed by atoms with E-state index in [2.05, 4.69) is 13.5 Å². The molecule has 0 aliphatic carbocycles. The normalized spacial score (nSPS) is 16.5. The van der Waals surface area contributed by atoms with E-state index in [1.165, 1.54) is 36.3 Å². The molecule has 0 radical (unpaired) electrons. The van der Waals surface area contributed by atoms with Crippen LogP contribution in [0.1, 0.15) is 23.2 Å².